The number of carbonyl (C=O) groups is 1. The predicted octanol–water partition coefficient (Wildman–Crippen LogP) is 3.60. The molecule has 0 spiro atoms. The zero-order valence-corrected chi connectivity index (χ0v) is 14.8. The molecule has 132 valence electrons. The van der Waals surface area contributed by atoms with Crippen molar-refractivity contribution in [2.45, 2.75) is 6.92 Å². The van der Waals surface area contributed by atoms with Crippen LogP contribution in [0.1, 0.15) is 12.5 Å². The normalized spacial score (nSPS) is 11.0. The fraction of sp³-hybridized carbons (Fsp3) is 0.118. The molecule has 3 rings (SSSR count). The lowest BCUT2D eigenvalue weighted by molar-refractivity contribution is -0.384. The van der Waals surface area contributed by atoms with Crippen molar-refractivity contribution in [2.24, 2.45) is 5.10 Å². The minimum absolute atomic E-state index is 0.00862. The number of fused-ring (bicyclic) bond motifs is 1. The van der Waals surface area contributed by atoms with E-state index in [4.69, 9.17) is 4.74 Å². The molecule has 0 saturated heterocycles. The number of non-ortho nitro benzene ring substituents is 1. The lowest BCUT2D eigenvalue weighted by Crippen LogP contribution is -2.22. The number of hydrogen-bond acceptors (Lipinski definition) is 7. The molecule has 8 nitrogen and oxygen atoms in total. The summed E-state index contributed by atoms with van der Waals surface area (Å²) in [5, 5.41) is 16.5. The fourth-order valence-electron chi connectivity index (χ4n) is 2.18. The van der Waals surface area contributed by atoms with Crippen molar-refractivity contribution in [2.75, 3.05) is 12.1 Å². The number of hydrogen-bond donors (Lipinski definition) is 0. The highest BCUT2D eigenvalue weighted by Crippen LogP contribution is 2.31. The van der Waals surface area contributed by atoms with Crippen LogP contribution < -0.4 is 9.75 Å². The highest BCUT2D eigenvalue weighted by atomic mass is 32.1. The molecule has 1 amide bonds. The summed E-state index contributed by atoms with van der Waals surface area (Å²) in [6, 6.07) is 11.3. The van der Waals surface area contributed by atoms with E-state index in [1.165, 1.54) is 41.6 Å². The zero-order chi connectivity index (χ0) is 18.7. The second-order valence-corrected chi connectivity index (χ2v) is 6.26. The summed E-state index contributed by atoms with van der Waals surface area (Å²) < 4.78 is 6.06. The summed E-state index contributed by atoms with van der Waals surface area (Å²) in [5.74, 6) is 0.408. The quantitative estimate of drug-likeness (QED) is 0.388. The largest absolute Gasteiger partial charge is 0.497 e. The molecule has 0 atom stereocenters. The van der Waals surface area contributed by atoms with E-state index in [0.717, 1.165) is 10.2 Å². The molecule has 0 N–H and O–H groups in total. The van der Waals surface area contributed by atoms with Gasteiger partial charge in [0, 0.05) is 19.1 Å². The lowest BCUT2D eigenvalue weighted by Gasteiger charge is -2.10. The topological polar surface area (TPSA) is 97.9 Å². The van der Waals surface area contributed by atoms with Gasteiger partial charge >= 0.3 is 0 Å². The Kier molecular flexibility index (Phi) is 4.90. The van der Waals surface area contributed by atoms with Crippen LogP contribution in [0.2, 0.25) is 0 Å². The number of ether oxygens (including phenoxy) is 1. The second-order valence-electron chi connectivity index (χ2n) is 5.25. The molecule has 0 radical (unpaired) electrons. The molecule has 0 saturated carbocycles. The number of aromatic nitrogens is 1. The predicted molar refractivity (Wildman–Crippen MR) is 100 cm³/mol. The van der Waals surface area contributed by atoms with Crippen LogP contribution in [0.3, 0.4) is 0 Å². The van der Waals surface area contributed by atoms with E-state index in [0.29, 0.717) is 16.4 Å². The van der Waals surface area contributed by atoms with Crippen LogP contribution >= 0.6 is 11.3 Å². The first-order chi connectivity index (χ1) is 12.5. The first kappa shape index (κ1) is 17.5. The molecule has 3 aromatic rings. The van der Waals surface area contributed by atoms with Crippen LogP contribution in [-0.2, 0) is 4.79 Å². The second kappa shape index (κ2) is 7.28. The molecule has 1 aromatic heterocycles. The van der Waals surface area contributed by atoms with Gasteiger partial charge in [-0.2, -0.15) is 10.1 Å². The number of nitro groups is 1. The van der Waals surface area contributed by atoms with E-state index >= 15 is 0 Å². The molecular formula is C17H14N4O4S. The Hall–Kier alpha value is -3.33. The molecule has 0 aliphatic rings. The van der Waals surface area contributed by atoms with Gasteiger partial charge in [0.05, 0.1) is 28.5 Å². The monoisotopic (exact) mass is 370 g/mol. The molecule has 0 aliphatic heterocycles. The van der Waals surface area contributed by atoms with Crippen molar-refractivity contribution in [3.05, 3.63) is 58.1 Å². The standard InChI is InChI=1S/C17H14N4O4S/c1-11(22)20(18-10-12-3-5-13(6-4-12)21(23)24)17-19-15-8-7-14(25-2)9-16(15)26-17/h3-10H,1-2H3/b18-10-. The summed E-state index contributed by atoms with van der Waals surface area (Å²) in [6.07, 6.45) is 1.46. The van der Waals surface area contributed by atoms with Gasteiger partial charge in [0.1, 0.15) is 5.75 Å². The number of anilines is 1. The van der Waals surface area contributed by atoms with Gasteiger partial charge in [0.25, 0.3) is 5.69 Å². The lowest BCUT2D eigenvalue weighted by atomic mass is 10.2. The average Bonchev–Trinajstić information content (AvgIpc) is 3.04. The van der Waals surface area contributed by atoms with Crippen LogP contribution in [0.5, 0.6) is 5.75 Å². The maximum Gasteiger partial charge on any atom is 0.269 e. The Labute approximate surface area is 152 Å². The van der Waals surface area contributed by atoms with E-state index in [2.05, 4.69) is 10.1 Å². The number of nitrogens with zero attached hydrogens (tertiary/aromatic N) is 4. The van der Waals surface area contributed by atoms with Gasteiger partial charge in [0.2, 0.25) is 11.0 Å². The Morgan fingerprint density at radius 3 is 2.65 bits per heavy atom. The van der Waals surface area contributed by atoms with Crippen LogP contribution in [0, 0.1) is 10.1 Å². The zero-order valence-electron chi connectivity index (χ0n) is 13.9. The molecule has 9 heteroatoms. The summed E-state index contributed by atoms with van der Waals surface area (Å²) >= 11 is 1.32. The van der Waals surface area contributed by atoms with Gasteiger partial charge in [-0.3, -0.25) is 14.9 Å². The number of benzene rings is 2. The first-order valence-corrected chi connectivity index (χ1v) is 8.33. The number of rotatable bonds is 5. The SMILES string of the molecule is COc1ccc2nc(N(/N=C\c3ccc([N+](=O)[O-])cc3)C(C)=O)sc2c1. The minimum atomic E-state index is -0.474. The number of amides is 1. The van der Waals surface area contributed by atoms with Gasteiger partial charge in [-0.1, -0.05) is 11.3 Å². The molecule has 2 aromatic carbocycles. The Morgan fingerprint density at radius 2 is 2.04 bits per heavy atom. The van der Waals surface area contributed by atoms with E-state index < -0.39 is 4.92 Å². The van der Waals surface area contributed by atoms with Crippen molar-refractivity contribution in [3.63, 3.8) is 0 Å². The van der Waals surface area contributed by atoms with Crippen molar-refractivity contribution < 1.29 is 14.5 Å². The van der Waals surface area contributed by atoms with Crippen molar-refractivity contribution in [1.29, 1.82) is 0 Å². The molecule has 0 aliphatic carbocycles. The van der Waals surface area contributed by atoms with Gasteiger partial charge in [-0.25, -0.2) is 4.98 Å². The molecule has 0 unspecified atom stereocenters. The van der Waals surface area contributed by atoms with Crippen molar-refractivity contribution >= 4 is 44.5 Å². The Bertz CT molecular complexity index is 998. The summed E-state index contributed by atoms with van der Waals surface area (Å²) in [6.45, 7) is 1.39. The number of nitro benzene ring substituents is 1. The van der Waals surface area contributed by atoms with Gasteiger partial charge in [0.15, 0.2) is 0 Å². The Morgan fingerprint density at radius 1 is 1.31 bits per heavy atom. The fourth-order valence-corrected chi connectivity index (χ4v) is 3.18. The van der Waals surface area contributed by atoms with Crippen molar-refractivity contribution in [1.82, 2.24) is 4.98 Å². The maximum atomic E-state index is 12.0. The first-order valence-electron chi connectivity index (χ1n) is 7.51. The van der Waals surface area contributed by atoms with Gasteiger partial charge < -0.3 is 4.74 Å². The summed E-state index contributed by atoms with van der Waals surface area (Å²) in [4.78, 5) is 26.6. The van der Waals surface area contributed by atoms with E-state index in [1.807, 2.05) is 12.1 Å². The number of thiazole rings is 1. The smallest absolute Gasteiger partial charge is 0.269 e. The van der Waals surface area contributed by atoms with E-state index in [-0.39, 0.29) is 11.6 Å². The molecule has 26 heavy (non-hydrogen) atoms. The summed E-state index contributed by atoms with van der Waals surface area (Å²) in [5.41, 5.74) is 1.36. The maximum absolute atomic E-state index is 12.0. The Balaban J connectivity index is 1.89. The number of carbonyl (C=O) groups excluding carboxylic acids is 1. The van der Waals surface area contributed by atoms with Crippen molar-refractivity contribution in [3.8, 4) is 5.75 Å². The van der Waals surface area contributed by atoms with E-state index in [1.54, 1.807) is 25.3 Å². The number of methoxy groups -OCH3 is 1. The van der Waals surface area contributed by atoms with E-state index in [9.17, 15) is 14.9 Å². The molecular weight excluding hydrogens is 356 g/mol. The third-order valence-corrected chi connectivity index (χ3v) is 4.48. The summed E-state index contributed by atoms with van der Waals surface area (Å²) in [7, 11) is 1.58. The van der Waals surface area contributed by atoms with Crippen LogP contribution in [0.4, 0.5) is 10.8 Å². The van der Waals surface area contributed by atoms with Crippen LogP contribution in [-0.4, -0.2) is 29.1 Å². The third-order valence-electron chi connectivity index (χ3n) is 3.49. The minimum Gasteiger partial charge on any atom is -0.497 e. The van der Waals surface area contributed by atoms with Crippen LogP contribution in [0.15, 0.2) is 47.6 Å². The highest BCUT2D eigenvalue weighted by Gasteiger charge is 2.16. The highest BCUT2D eigenvalue weighted by molar-refractivity contribution is 7.22. The number of hydrazone groups is 1. The van der Waals surface area contributed by atoms with Gasteiger partial charge in [-0.15, -0.1) is 0 Å². The molecule has 0 bridgehead atoms. The van der Waals surface area contributed by atoms with Gasteiger partial charge in [-0.05, 0) is 35.9 Å². The molecule has 0 fully saturated rings. The average molecular weight is 370 g/mol. The van der Waals surface area contributed by atoms with Crippen LogP contribution in [0.25, 0.3) is 10.2 Å². The molecule has 1 heterocycles. The third kappa shape index (κ3) is 3.67.